The zero-order chi connectivity index (χ0) is 9.68. The molecule has 0 fully saturated rings. The predicted molar refractivity (Wildman–Crippen MR) is 47.5 cm³/mol. The lowest BCUT2D eigenvalue weighted by molar-refractivity contribution is -0.114. The summed E-state index contributed by atoms with van der Waals surface area (Å²) in [5, 5.41) is 0. The van der Waals surface area contributed by atoms with Gasteiger partial charge in [-0.15, -0.1) is 0 Å². The molecule has 69 valence electrons. The molecule has 0 unspecified atom stereocenters. The van der Waals surface area contributed by atoms with Crippen LogP contribution in [0.15, 0.2) is 18.3 Å². The van der Waals surface area contributed by atoms with Crippen molar-refractivity contribution in [1.82, 2.24) is 4.98 Å². The van der Waals surface area contributed by atoms with Gasteiger partial charge in [-0.25, -0.2) is 0 Å². The minimum Gasteiger partial charge on any atom is -0.378 e. The minimum atomic E-state index is -0.471. The highest BCUT2D eigenvalue weighted by atomic mass is 16.5. The van der Waals surface area contributed by atoms with Gasteiger partial charge >= 0.3 is 0 Å². The summed E-state index contributed by atoms with van der Waals surface area (Å²) >= 11 is 0. The number of amides is 1. The molecule has 0 spiro atoms. The van der Waals surface area contributed by atoms with Crippen LogP contribution in [0.25, 0.3) is 0 Å². The monoisotopic (exact) mass is 179 g/mol. The Morgan fingerprint density at radius 3 is 2.92 bits per heavy atom. The van der Waals surface area contributed by atoms with Crippen molar-refractivity contribution in [2.24, 2.45) is 5.73 Å². The molecule has 0 saturated carbocycles. The fraction of sp³-hybridized carbons (Fsp3) is 0.222. The maximum atomic E-state index is 10.5. The number of carbonyl (C=O) groups is 1. The first kappa shape index (κ1) is 9.67. The van der Waals surface area contributed by atoms with Gasteiger partial charge in [0.2, 0.25) is 5.91 Å². The van der Waals surface area contributed by atoms with E-state index in [9.17, 15) is 4.79 Å². The SMILES string of the molecule is COCc1ccc([CH]C(N)=O)cn1. The van der Waals surface area contributed by atoms with Crippen LogP contribution in [0.4, 0.5) is 0 Å². The van der Waals surface area contributed by atoms with Gasteiger partial charge in [-0.3, -0.25) is 9.78 Å². The number of carbonyl (C=O) groups excluding carboxylic acids is 1. The largest absolute Gasteiger partial charge is 0.378 e. The van der Waals surface area contributed by atoms with Gasteiger partial charge in [0.25, 0.3) is 0 Å². The normalized spacial score (nSPS) is 9.92. The zero-order valence-electron chi connectivity index (χ0n) is 7.36. The van der Waals surface area contributed by atoms with Crippen molar-refractivity contribution in [2.75, 3.05) is 7.11 Å². The molecule has 13 heavy (non-hydrogen) atoms. The Bertz CT molecular complexity index is 282. The Kier molecular flexibility index (Phi) is 3.40. The first-order valence-electron chi connectivity index (χ1n) is 3.80. The molecule has 0 aliphatic heterocycles. The van der Waals surface area contributed by atoms with Crippen LogP contribution in [-0.2, 0) is 16.1 Å². The lowest BCUT2D eigenvalue weighted by Crippen LogP contribution is -2.11. The van der Waals surface area contributed by atoms with Gasteiger partial charge in [-0.1, -0.05) is 6.07 Å². The van der Waals surface area contributed by atoms with Crippen molar-refractivity contribution in [2.45, 2.75) is 6.61 Å². The number of hydrogen-bond acceptors (Lipinski definition) is 3. The summed E-state index contributed by atoms with van der Waals surface area (Å²) in [6.45, 7) is 0.469. The highest BCUT2D eigenvalue weighted by Gasteiger charge is 1.99. The van der Waals surface area contributed by atoms with Crippen molar-refractivity contribution >= 4 is 5.91 Å². The Balaban J connectivity index is 2.64. The molecule has 0 bridgehead atoms. The predicted octanol–water partition coefficient (Wildman–Crippen LogP) is 0.266. The molecule has 4 nitrogen and oxygen atoms in total. The topological polar surface area (TPSA) is 65.2 Å². The summed E-state index contributed by atoms with van der Waals surface area (Å²) in [5.74, 6) is -0.471. The minimum absolute atomic E-state index is 0.469. The van der Waals surface area contributed by atoms with Gasteiger partial charge in [0.1, 0.15) is 0 Å². The van der Waals surface area contributed by atoms with E-state index >= 15 is 0 Å². The lowest BCUT2D eigenvalue weighted by Gasteiger charge is -1.99. The first-order valence-corrected chi connectivity index (χ1v) is 3.80. The fourth-order valence-electron chi connectivity index (χ4n) is 0.919. The second kappa shape index (κ2) is 4.57. The van der Waals surface area contributed by atoms with Crippen LogP contribution in [0.1, 0.15) is 11.3 Å². The van der Waals surface area contributed by atoms with Gasteiger partial charge in [-0.05, 0) is 11.6 Å². The molecule has 0 aliphatic rings. The van der Waals surface area contributed by atoms with Gasteiger partial charge < -0.3 is 10.5 Å². The third-order valence-corrected chi connectivity index (χ3v) is 1.45. The molecule has 0 aliphatic carbocycles. The number of ether oxygens (including phenoxy) is 1. The third-order valence-electron chi connectivity index (χ3n) is 1.45. The molecular weight excluding hydrogens is 168 g/mol. The number of methoxy groups -OCH3 is 1. The number of hydrogen-bond donors (Lipinski definition) is 1. The van der Waals surface area contributed by atoms with E-state index in [1.54, 1.807) is 25.4 Å². The number of nitrogens with two attached hydrogens (primary N) is 1. The van der Waals surface area contributed by atoms with Crippen LogP contribution < -0.4 is 5.73 Å². The van der Waals surface area contributed by atoms with Crippen molar-refractivity contribution in [3.63, 3.8) is 0 Å². The third kappa shape index (κ3) is 3.21. The van der Waals surface area contributed by atoms with Crippen LogP contribution in [0.5, 0.6) is 0 Å². The van der Waals surface area contributed by atoms with Gasteiger partial charge in [0.05, 0.1) is 18.7 Å². The average Bonchev–Trinajstić information content (AvgIpc) is 2.08. The Labute approximate surface area is 76.7 Å². The van der Waals surface area contributed by atoms with E-state index < -0.39 is 5.91 Å². The molecule has 1 heterocycles. The van der Waals surface area contributed by atoms with Crippen LogP contribution >= 0.6 is 0 Å². The number of nitrogens with zero attached hydrogens (tertiary/aromatic N) is 1. The summed E-state index contributed by atoms with van der Waals surface area (Å²) < 4.78 is 4.88. The highest BCUT2D eigenvalue weighted by Crippen LogP contribution is 2.03. The zero-order valence-corrected chi connectivity index (χ0v) is 7.36. The molecule has 4 heteroatoms. The summed E-state index contributed by atoms with van der Waals surface area (Å²) in [5.41, 5.74) is 6.50. The number of primary amides is 1. The number of rotatable bonds is 4. The maximum Gasteiger partial charge on any atom is 0.226 e. The molecule has 0 atom stereocenters. The van der Waals surface area contributed by atoms with E-state index in [2.05, 4.69) is 4.98 Å². The van der Waals surface area contributed by atoms with Crippen LogP contribution in [0.2, 0.25) is 0 Å². The van der Waals surface area contributed by atoms with Crippen molar-refractivity contribution in [3.05, 3.63) is 36.0 Å². The summed E-state index contributed by atoms with van der Waals surface area (Å²) in [6, 6.07) is 3.56. The molecule has 1 aromatic rings. The molecule has 1 amide bonds. The quantitative estimate of drug-likeness (QED) is 0.721. The van der Waals surface area contributed by atoms with E-state index in [-0.39, 0.29) is 0 Å². The Morgan fingerprint density at radius 1 is 1.69 bits per heavy atom. The number of pyridine rings is 1. The van der Waals surface area contributed by atoms with Crippen molar-refractivity contribution in [3.8, 4) is 0 Å². The van der Waals surface area contributed by atoms with Crippen LogP contribution in [0.3, 0.4) is 0 Å². The van der Waals surface area contributed by atoms with E-state index in [0.29, 0.717) is 12.2 Å². The fourth-order valence-corrected chi connectivity index (χ4v) is 0.919. The maximum absolute atomic E-state index is 10.5. The lowest BCUT2D eigenvalue weighted by atomic mass is 10.2. The van der Waals surface area contributed by atoms with E-state index in [4.69, 9.17) is 10.5 Å². The molecule has 0 aromatic carbocycles. The molecule has 1 aromatic heterocycles. The Hall–Kier alpha value is -1.42. The standard InChI is InChI=1S/C9H11N2O2/c1-13-6-8-3-2-7(5-11-8)4-9(10)12/h2-5H,6H2,1H3,(H2,10,12). The van der Waals surface area contributed by atoms with Gasteiger partial charge in [0, 0.05) is 13.3 Å². The van der Waals surface area contributed by atoms with Gasteiger partial charge in [-0.2, -0.15) is 0 Å². The molecular formula is C9H11N2O2. The Morgan fingerprint density at radius 2 is 2.46 bits per heavy atom. The molecule has 1 radical (unpaired) electrons. The molecule has 2 N–H and O–H groups in total. The first-order chi connectivity index (χ1) is 6.22. The van der Waals surface area contributed by atoms with Crippen LogP contribution in [0, 0.1) is 6.42 Å². The molecule has 1 rings (SSSR count). The highest BCUT2D eigenvalue weighted by molar-refractivity contribution is 5.86. The smallest absolute Gasteiger partial charge is 0.226 e. The van der Waals surface area contributed by atoms with Crippen LogP contribution in [-0.4, -0.2) is 18.0 Å². The van der Waals surface area contributed by atoms with Crippen molar-refractivity contribution < 1.29 is 9.53 Å². The summed E-state index contributed by atoms with van der Waals surface area (Å²) in [7, 11) is 1.60. The summed E-state index contributed by atoms with van der Waals surface area (Å²) in [6.07, 6.45) is 2.91. The van der Waals surface area contributed by atoms with Gasteiger partial charge in [0.15, 0.2) is 0 Å². The van der Waals surface area contributed by atoms with E-state index in [1.165, 1.54) is 6.42 Å². The van der Waals surface area contributed by atoms with E-state index in [1.807, 2.05) is 0 Å². The summed E-state index contributed by atoms with van der Waals surface area (Å²) in [4.78, 5) is 14.6. The second-order valence-corrected chi connectivity index (χ2v) is 2.56. The van der Waals surface area contributed by atoms with Crippen molar-refractivity contribution in [1.29, 1.82) is 0 Å². The van der Waals surface area contributed by atoms with E-state index in [0.717, 1.165) is 5.69 Å². The second-order valence-electron chi connectivity index (χ2n) is 2.56. The average molecular weight is 179 g/mol. The number of aromatic nitrogens is 1. The molecule has 0 saturated heterocycles.